The Morgan fingerprint density at radius 3 is 2.61 bits per heavy atom. The van der Waals surface area contributed by atoms with Crippen molar-refractivity contribution in [1.82, 2.24) is 10.3 Å². The Kier molecular flexibility index (Phi) is 6.34. The first-order valence-corrected chi connectivity index (χ1v) is 10.1. The van der Waals surface area contributed by atoms with E-state index in [0.29, 0.717) is 31.1 Å². The second kappa shape index (κ2) is 9.35. The molecule has 1 aliphatic rings. The summed E-state index contributed by atoms with van der Waals surface area (Å²) in [4.78, 5) is 28.2. The van der Waals surface area contributed by atoms with Gasteiger partial charge in [0.25, 0.3) is 5.91 Å². The van der Waals surface area contributed by atoms with Gasteiger partial charge in [-0.3, -0.25) is 9.78 Å². The third-order valence-electron chi connectivity index (χ3n) is 4.96. The molecule has 0 fully saturated rings. The van der Waals surface area contributed by atoms with Crippen molar-refractivity contribution in [1.29, 1.82) is 0 Å². The highest BCUT2D eigenvalue weighted by atomic mass is 19.4. The highest BCUT2D eigenvalue weighted by molar-refractivity contribution is 5.98. The Hall–Kier alpha value is -3.82. The van der Waals surface area contributed by atoms with Crippen LogP contribution in [0.3, 0.4) is 0 Å². The molecule has 1 aromatic heterocycles. The van der Waals surface area contributed by atoms with Crippen molar-refractivity contribution in [3.63, 3.8) is 0 Å². The average molecular weight is 460 g/mol. The van der Waals surface area contributed by atoms with Crippen LogP contribution in [0.5, 0.6) is 11.5 Å². The van der Waals surface area contributed by atoms with Gasteiger partial charge in [0.1, 0.15) is 13.2 Å². The zero-order valence-corrected chi connectivity index (χ0v) is 17.3. The molecule has 1 aliphatic heterocycles. The fraction of sp³-hybridized carbons (Fsp3) is 0.261. The number of hydrogen-bond donors (Lipinski definition) is 1. The van der Waals surface area contributed by atoms with Gasteiger partial charge in [-0.05, 0) is 30.2 Å². The lowest BCUT2D eigenvalue weighted by atomic mass is 10.0. The Bertz CT molecular complexity index is 1200. The van der Waals surface area contributed by atoms with Crippen LogP contribution in [0.1, 0.15) is 21.5 Å². The van der Waals surface area contributed by atoms with Crippen LogP contribution in [0, 0.1) is 0 Å². The van der Waals surface area contributed by atoms with Crippen LogP contribution in [0.2, 0.25) is 0 Å². The molecule has 2 heterocycles. The molecular weight excluding hydrogens is 441 g/mol. The number of benzene rings is 2. The van der Waals surface area contributed by atoms with E-state index in [9.17, 15) is 22.8 Å². The summed E-state index contributed by atoms with van der Waals surface area (Å²) in [5.41, 5.74) is -0.894. The van der Waals surface area contributed by atoms with E-state index in [0.717, 1.165) is 11.8 Å². The van der Waals surface area contributed by atoms with Crippen LogP contribution < -0.4 is 14.8 Å². The van der Waals surface area contributed by atoms with Crippen molar-refractivity contribution < 1.29 is 37.0 Å². The van der Waals surface area contributed by atoms with Crippen LogP contribution >= 0.6 is 0 Å². The normalized spacial score (nSPS) is 12.9. The molecule has 33 heavy (non-hydrogen) atoms. The van der Waals surface area contributed by atoms with Gasteiger partial charge >= 0.3 is 12.1 Å². The molecule has 0 aliphatic carbocycles. The maximum atomic E-state index is 13.6. The molecule has 0 unspecified atom stereocenters. The lowest BCUT2D eigenvalue weighted by molar-refractivity contribution is -0.136. The number of alkyl halides is 3. The van der Waals surface area contributed by atoms with E-state index in [4.69, 9.17) is 14.2 Å². The molecule has 4 rings (SSSR count). The summed E-state index contributed by atoms with van der Waals surface area (Å²) >= 11 is 0. The predicted molar refractivity (Wildman–Crippen MR) is 111 cm³/mol. The highest BCUT2D eigenvalue weighted by Gasteiger charge is 2.38. The van der Waals surface area contributed by atoms with Gasteiger partial charge in [-0.1, -0.05) is 24.3 Å². The highest BCUT2D eigenvalue weighted by Crippen LogP contribution is 2.37. The molecule has 0 spiro atoms. The van der Waals surface area contributed by atoms with E-state index in [1.165, 1.54) is 18.2 Å². The van der Waals surface area contributed by atoms with E-state index in [1.807, 2.05) is 12.1 Å². The van der Waals surface area contributed by atoms with E-state index in [-0.39, 0.29) is 17.4 Å². The number of halogens is 3. The Labute approximate surface area is 186 Å². The zero-order valence-electron chi connectivity index (χ0n) is 17.3. The number of pyridine rings is 1. The number of para-hydroxylation sites is 1. The lowest BCUT2D eigenvalue weighted by Gasteiger charge is -2.18. The fourth-order valence-electron chi connectivity index (χ4n) is 3.45. The molecule has 0 saturated heterocycles. The monoisotopic (exact) mass is 460 g/mol. The van der Waals surface area contributed by atoms with Gasteiger partial charge in [0.15, 0.2) is 18.1 Å². The number of hydrogen-bond acceptors (Lipinski definition) is 6. The first-order chi connectivity index (χ1) is 15.8. The van der Waals surface area contributed by atoms with Gasteiger partial charge < -0.3 is 19.5 Å². The van der Waals surface area contributed by atoms with Crippen molar-refractivity contribution in [3.8, 4) is 11.5 Å². The first-order valence-electron chi connectivity index (χ1n) is 10.1. The summed E-state index contributed by atoms with van der Waals surface area (Å²) < 4.78 is 56.7. The topological polar surface area (TPSA) is 86.8 Å². The predicted octanol–water partition coefficient (Wildman–Crippen LogP) is 3.54. The summed E-state index contributed by atoms with van der Waals surface area (Å²) in [5, 5.41) is 2.35. The van der Waals surface area contributed by atoms with Crippen molar-refractivity contribution in [2.75, 3.05) is 26.4 Å². The first kappa shape index (κ1) is 22.4. The number of ether oxygens (including phenoxy) is 3. The van der Waals surface area contributed by atoms with Crippen molar-refractivity contribution in [2.45, 2.75) is 12.6 Å². The van der Waals surface area contributed by atoms with Gasteiger partial charge in [-0.15, -0.1) is 0 Å². The quantitative estimate of drug-likeness (QED) is 0.567. The number of esters is 1. The minimum absolute atomic E-state index is 0.0956. The van der Waals surface area contributed by atoms with Crippen LogP contribution in [-0.2, 0) is 22.1 Å². The van der Waals surface area contributed by atoms with Gasteiger partial charge in [0.2, 0.25) is 0 Å². The van der Waals surface area contributed by atoms with Gasteiger partial charge in [0, 0.05) is 18.1 Å². The number of aromatic nitrogens is 1. The maximum absolute atomic E-state index is 13.6. The van der Waals surface area contributed by atoms with E-state index in [2.05, 4.69) is 10.3 Å². The molecule has 172 valence electrons. The molecular formula is C23H19F3N2O5. The number of amides is 1. The molecule has 0 atom stereocenters. The molecule has 1 N–H and O–H groups in total. The van der Waals surface area contributed by atoms with E-state index in [1.54, 1.807) is 12.1 Å². The summed E-state index contributed by atoms with van der Waals surface area (Å²) in [7, 11) is 0. The summed E-state index contributed by atoms with van der Waals surface area (Å²) in [6, 6.07) is 11.0. The van der Waals surface area contributed by atoms with Crippen LogP contribution in [0.15, 0.2) is 48.7 Å². The maximum Gasteiger partial charge on any atom is 0.417 e. The standard InChI is InChI=1S/C23H19F3N2O5/c24-23(25,26)21-15-3-1-2-4-17(15)28-12-16(21)22(30)33-13-20(29)27-8-7-14-5-6-18-19(11-14)32-10-9-31-18/h1-6,11-12H,7-10,13H2,(H,27,29). The lowest BCUT2D eigenvalue weighted by Crippen LogP contribution is -2.31. The molecule has 0 bridgehead atoms. The summed E-state index contributed by atoms with van der Waals surface area (Å²) in [6.45, 7) is 0.466. The summed E-state index contributed by atoms with van der Waals surface area (Å²) in [6.07, 6.45) is -3.51. The molecule has 3 aromatic rings. The molecule has 0 saturated carbocycles. The number of rotatable bonds is 6. The smallest absolute Gasteiger partial charge is 0.417 e. The second-order valence-electron chi connectivity index (χ2n) is 7.22. The van der Waals surface area contributed by atoms with Crippen molar-refractivity contribution >= 4 is 22.8 Å². The zero-order chi connectivity index (χ0) is 23.4. The van der Waals surface area contributed by atoms with Crippen LogP contribution in [-0.4, -0.2) is 43.2 Å². The summed E-state index contributed by atoms with van der Waals surface area (Å²) in [5.74, 6) is -0.628. The Morgan fingerprint density at radius 2 is 1.82 bits per heavy atom. The van der Waals surface area contributed by atoms with E-state index >= 15 is 0 Å². The molecule has 0 radical (unpaired) electrons. The van der Waals surface area contributed by atoms with Crippen LogP contribution in [0.4, 0.5) is 13.2 Å². The Balaban J connectivity index is 1.34. The molecule has 10 heteroatoms. The third-order valence-corrected chi connectivity index (χ3v) is 4.96. The van der Waals surface area contributed by atoms with Gasteiger partial charge in [-0.2, -0.15) is 13.2 Å². The van der Waals surface area contributed by atoms with Gasteiger partial charge in [0.05, 0.1) is 16.6 Å². The Morgan fingerprint density at radius 1 is 1.06 bits per heavy atom. The average Bonchev–Trinajstić information content (AvgIpc) is 2.81. The number of nitrogens with zero attached hydrogens (tertiary/aromatic N) is 1. The third kappa shape index (κ3) is 5.16. The largest absolute Gasteiger partial charge is 0.486 e. The molecule has 1 amide bonds. The van der Waals surface area contributed by atoms with Crippen molar-refractivity contribution in [3.05, 3.63) is 65.4 Å². The van der Waals surface area contributed by atoms with E-state index < -0.39 is 35.8 Å². The minimum atomic E-state index is -4.80. The SMILES string of the molecule is O=C(COC(=O)c1cnc2ccccc2c1C(F)(F)F)NCCc1ccc2c(c1)OCCO2. The molecule has 7 nitrogen and oxygen atoms in total. The van der Waals surface area contributed by atoms with Crippen LogP contribution in [0.25, 0.3) is 10.9 Å². The number of nitrogens with one attached hydrogen (secondary N) is 1. The number of carbonyl (C=O) groups is 2. The molecule has 2 aromatic carbocycles. The number of fused-ring (bicyclic) bond motifs is 2. The van der Waals surface area contributed by atoms with Gasteiger partial charge in [-0.25, -0.2) is 4.79 Å². The number of carbonyl (C=O) groups excluding carboxylic acids is 2. The minimum Gasteiger partial charge on any atom is -0.486 e. The van der Waals surface area contributed by atoms with Crippen molar-refractivity contribution in [2.24, 2.45) is 0 Å². The second-order valence-corrected chi connectivity index (χ2v) is 7.22. The fourth-order valence-corrected chi connectivity index (χ4v) is 3.45.